The van der Waals surface area contributed by atoms with Crippen molar-refractivity contribution in [2.24, 2.45) is 0 Å². The van der Waals surface area contributed by atoms with Crippen molar-refractivity contribution in [3.8, 4) is 0 Å². The van der Waals surface area contributed by atoms with E-state index >= 15 is 0 Å². The van der Waals surface area contributed by atoms with Crippen molar-refractivity contribution in [3.05, 3.63) is 20.8 Å². The maximum absolute atomic E-state index is 11.5. The first kappa shape index (κ1) is 14.0. The molecule has 7 heteroatoms. The highest BCUT2D eigenvalue weighted by molar-refractivity contribution is 9.11. The number of carbonyl (C=O) groups is 2. The van der Waals surface area contributed by atoms with Crippen molar-refractivity contribution in [1.82, 2.24) is 10.6 Å². The Morgan fingerprint density at radius 3 is 2.59 bits per heavy atom. The Balaban J connectivity index is 2.43. The molecule has 0 bridgehead atoms. The van der Waals surface area contributed by atoms with Crippen LogP contribution in [0.5, 0.6) is 0 Å². The van der Waals surface area contributed by atoms with E-state index in [-0.39, 0.29) is 0 Å². The Morgan fingerprint density at radius 1 is 1.47 bits per heavy atom. The number of urea groups is 1. The number of carboxylic acid groups (broad SMARTS) is 1. The number of hydrogen-bond donors (Lipinski definition) is 3. The third kappa shape index (κ3) is 4.35. The maximum atomic E-state index is 11.5. The first-order valence-electron chi connectivity index (χ1n) is 4.85. The van der Waals surface area contributed by atoms with Gasteiger partial charge in [-0.15, -0.1) is 11.3 Å². The number of carbonyl (C=O) groups excluding carboxylic acids is 1. The monoisotopic (exact) mass is 320 g/mol. The van der Waals surface area contributed by atoms with Crippen LogP contribution in [0, 0.1) is 0 Å². The van der Waals surface area contributed by atoms with Crippen molar-refractivity contribution in [1.29, 1.82) is 0 Å². The molecule has 1 aromatic heterocycles. The molecule has 0 spiro atoms. The summed E-state index contributed by atoms with van der Waals surface area (Å²) in [6.45, 7) is 3.23. The van der Waals surface area contributed by atoms with Gasteiger partial charge in [-0.2, -0.15) is 0 Å². The van der Waals surface area contributed by atoms with Crippen LogP contribution in [0.4, 0.5) is 4.79 Å². The van der Waals surface area contributed by atoms with Gasteiger partial charge < -0.3 is 15.7 Å². The molecule has 94 valence electrons. The second-order valence-corrected chi connectivity index (χ2v) is 6.49. The molecule has 1 heterocycles. The zero-order valence-corrected chi connectivity index (χ0v) is 11.8. The van der Waals surface area contributed by atoms with Gasteiger partial charge in [0.05, 0.1) is 10.3 Å². The van der Waals surface area contributed by atoms with E-state index in [0.717, 1.165) is 8.66 Å². The highest BCUT2D eigenvalue weighted by Crippen LogP contribution is 2.21. The summed E-state index contributed by atoms with van der Waals surface area (Å²) in [6.07, 6.45) is 0. The van der Waals surface area contributed by atoms with Gasteiger partial charge in [0.15, 0.2) is 0 Å². The molecule has 0 atom stereocenters. The number of carboxylic acids is 1. The van der Waals surface area contributed by atoms with Crippen molar-refractivity contribution in [2.45, 2.75) is 25.9 Å². The minimum Gasteiger partial charge on any atom is -0.480 e. The number of rotatable bonds is 4. The number of hydrogen-bond acceptors (Lipinski definition) is 3. The highest BCUT2D eigenvalue weighted by atomic mass is 79.9. The van der Waals surface area contributed by atoms with Gasteiger partial charge >= 0.3 is 12.0 Å². The summed E-state index contributed by atoms with van der Waals surface area (Å²) in [7, 11) is 0. The van der Waals surface area contributed by atoms with Crippen LogP contribution < -0.4 is 10.6 Å². The van der Waals surface area contributed by atoms with Gasteiger partial charge in [-0.25, -0.2) is 9.59 Å². The average Bonchev–Trinajstić information content (AvgIpc) is 2.60. The third-order valence-corrected chi connectivity index (χ3v) is 3.64. The van der Waals surface area contributed by atoms with E-state index in [4.69, 9.17) is 5.11 Å². The molecule has 0 unspecified atom stereocenters. The van der Waals surface area contributed by atoms with Gasteiger partial charge in [0.25, 0.3) is 0 Å². The Hall–Kier alpha value is -1.08. The fourth-order valence-corrected chi connectivity index (χ4v) is 2.42. The largest absolute Gasteiger partial charge is 0.480 e. The Morgan fingerprint density at radius 2 is 2.12 bits per heavy atom. The van der Waals surface area contributed by atoms with Crippen LogP contribution in [-0.2, 0) is 11.3 Å². The molecule has 2 amide bonds. The van der Waals surface area contributed by atoms with Gasteiger partial charge in [-0.1, -0.05) is 0 Å². The quantitative estimate of drug-likeness (QED) is 0.795. The van der Waals surface area contributed by atoms with Crippen LogP contribution in [0.2, 0.25) is 0 Å². The molecule has 1 rings (SSSR count). The molecule has 0 radical (unpaired) electrons. The van der Waals surface area contributed by atoms with Crippen LogP contribution in [0.1, 0.15) is 18.7 Å². The lowest BCUT2D eigenvalue weighted by molar-refractivity contribution is -0.142. The second-order valence-electron chi connectivity index (χ2n) is 3.94. The number of amides is 2. The van der Waals surface area contributed by atoms with Gasteiger partial charge in [0.2, 0.25) is 0 Å². The van der Waals surface area contributed by atoms with Crippen LogP contribution >= 0.6 is 27.3 Å². The molecule has 5 nitrogen and oxygen atoms in total. The zero-order chi connectivity index (χ0) is 13.1. The Bertz CT molecular complexity index is 431. The predicted octanol–water partition coefficient (Wildman–Crippen LogP) is 2.17. The van der Waals surface area contributed by atoms with Gasteiger partial charge in [0.1, 0.15) is 5.54 Å². The van der Waals surface area contributed by atoms with Crippen molar-refractivity contribution < 1.29 is 14.7 Å². The number of aliphatic carboxylic acids is 1. The van der Waals surface area contributed by atoms with E-state index in [0.29, 0.717) is 6.54 Å². The molecular weight excluding hydrogens is 308 g/mol. The lowest BCUT2D eigenvalue weighted by Gasteiger charge is -2.21. The zero-order valence-electron chi connectivity index (χ0n) is 9.41. The summed E-state index contributed by atoms with van der Waals surface area (Å²) in [5.41, 5.74) is -1.28. The molecule has 0 aliphatic heterocycles. The molecule has 0 saturated heterocycles. The molecule has 3 N–H and O–H groups in total. The molecule has 0 aliphatic carbocycles. The molecule has 17 heavy (non-hydrogen) atoms. The number of nitrogens with one attached hydrogen (secondary N) is 2. The van der Waals surface area contributed by atoms with E-state index in [1.54, 1.807) is 0 Å². The van der Waals surface area contributed by atoms with Crippen LogP contribution in [0.25, 0.3) is 0 Å². The summed E-state index contributed by atoms with van der Waals surface area (Å²) in [5.74, 6) is -1.08. The van der Waals surface area contributed by atoms with Crippen molar-refractivity contribution >= 4 is 39.3 Å². The summed E-state index contributed by atoms with van der Waals surface area (Å²) < 4.78 is 0.987. The van der Waals surface area contributed by atoms with E-state index < -0.39 is 17.5 Å². The normalized spacial score (nSPS) is 11.0. The summed E-state index contributed by atoms with van der Waals surface area (Å²) in [4.78, 5) is 23.2. The first-order chi connectivity index (χ1) is 7.81. The van der Waals surface area contributed by atoms with Crippen molar-refractivity contribution in [2.75, 3.05) is 0 Å². The predicted molar refractivity (Wildman–Crippen MR) is 69.1 cm³/mol. The lowest BCUT2D eigenvalue weighted by Crippen LogP contribution is -2.52. The molecule has 0 saturated carbocycles. The molecule has 0 fully saturated rings. The van der Waals surface area contributed by atoms with Gasteiger partial charge in [-0.05, 0) is 41.9 Å². The summed E-state index contributed by atoms with van der Waals surface area (Å²) >= 11 is 4.83. The Kier molecular flexibility index (Phi) is 4.53. The molecule has 0 aliphatic rings. The number of halogens is 1. The minimum atomic E-state index is -1.28. The molecule has 0 aromatic carbocycles. The summed E-state index contributed by atoms with van der Waals surface area (Å²) in [6, 6.07) is 3.28. The average molecular weight is 321 g/mol. The number of thiophene rings is 1. The van der Waals surface area contributed by atoms with Gasteiger partial charge in [0, 0.05) is 4.88 Å². The smallest absolute Gasteiger partial charge is 0.328 e. The van der Waals surface area contributed by atoms with E-state index in [1.807, 2.05) is 12.1 Å². The fraction of sp³-hybridized carbons (Fsp3) is 0.400. The molecular formula is C10H13BrN2O3S. The third-order valence-electron chi connectivity index (χ3n) is 2.01. The van der Waals surface area contributed by atoms with E-state index in [9.17, 15) is 9.59 Å². The standard InChI is InChI=1S/C10H13BrN2O3S/c1-10(2,8(14)15)13-9(16)12-5-6-3-4-7(11)17-6/h3-4H,5H2,1-2H3,(H,14,15)(H2,12,13,16). The minimum absolute atomic E-state index is 0.373. The van der Waals surface area contributed by atoms with Gasteiger partial charge in [-0.3, -0.25) is 0 Å². The first-order valence-corrected chi connectivity index (χ1v) is 6.46. The fourth-order valence-electron chi connectivity index (χ4n) is 0.996. The Labute approximate surface area is 111 Å². The molecule has 1 aromatic rings. The van der Waals surface area contributed by atoms with E-state index in [1.165, 1.54) is 25.2 Å². The van der Waals surface area contributed by atoms with Crippen LogP contribution in [0.15, 0.2) is 15.9 Å². The topological polar surface area (TPSA) is 78.4 Å². The van der Waals surface area contributed by atoms with Crippen LogP contribution in [-0.4, -0.2) is 22.6 Å². The van der Waals surface area contributed by atoms with Crippen LogP contribution in [0.3, 0.4) is 0 Å². The van der Waals surface area contributed by atoms with Crippen molar-refractivity contribution in [3.63, 3.8) is 0 Å². The highest BCUT2D eigenvalue weighted by Gasteiger charge is 2.28. The maximum Gasteiger partial charge on any atom is 0.328 e. The van der Waals surface area contributed by atoms with E-state index in [2.05, 4.69) is 26.6 Å². The lowest BCUT2D eigenvalue weighted by atomic mass is 10.1. The SMILES string of the molecule is CC(C)(NC(=O)NCc1ccc(Br)s1)C(=O)O. The summed E-state index contributed by atoms with van der Waals surface area (Å²) in [5, 5.41) is 13.8. The second kappa shape index (κ2) is 5.50.